The van der Waals surface area contributed by atoms with Crippen molar-refractivity contribution in [1.82, 2.24) is 10.0 Å². The van der Waals surface area contributed by atoms with Crippen LogP contribution >= 0.6 is 15.9 Å². The predicted octanol–water partition coefficient (Wildman–Crippen LogP) is 2.62. The minimum Gasteiger partial charge on any atom is -0.452 e. The van der Waals surface area contributed by atoms with Crippen LogP contribution in [0.5, 0.6) is 0 Å². The van der Waals surface area contributed by atoms with Crippen LogP contribution in [0.2, 0.25) is 0 Å². The molecule has 0 bridgehead atoms. The second kappa shape index (κ2) is 6.02. The van der Waals surface area contributed by atoms with E-state index in [9.17, 15) is 8.42 Å². The molecule has 1 heterocycles. The zero-order valence-corrected chi connectivity index (χ0v) is 14.5. The molecule has 2 fully saturated rings. The second-order valence-corrected chi connectivity index (χ2v) is 8.63. The van der Waals surface area contributed by atoms with Gasteiger partial charge in [-0.1, -0.05) is 6.92 Å². The Hall–Kier alpha value is -0.370. The Kier molecular flexibility index (Phi) is 4.45. The van der Waals surface area contributed by atoms with Crippen molar-refractivity contribution in [2.75, 3.05) is 6.54 Å². The molecule has 1 unspecified atom stereocenters. The van der Waals surface area contributed by atoms with Crippen LogP contribution in [0.4, 0.5) is 0 Å². The molecule has 0 radical (unpaired) electrons. The fourth-order valence-electron chi connectivity index (χ4n) is 2.35. The number of hydrogen-bond donors (Lipinski definition) is 2. The minimum atomic E-state index is -3.51. The maximum atomic E-state index is 12.3. The second-order valence-electron chi connectivity index (χ2n) is 6.17. The molecule has 1 aromatic rings. The molecule has 2 N–H and O–H groups in total. The average Bonchev–Trinajstić information content (AvgIpc) is 3.32. The van der Waals surface area contributed by atoms with Crippen molar-refractivity contribution < 1.29 is 12.8 Å². The number of hydrogen-bond acceptors (Lipinski definition) is 4. The summed E-state index contributed by atoms with van der Waals surface area (Å²) >= 11 is 3.21. The van der Waals surface area contributed by atoms with E-state index in [0.29, 0.717) is 36.7 Å². The lowest BCUT2D eigenvalue weighted by Crippen LogP contribution is -2.29. The van der Waals surface area contributed by atoms with E-state index in [0.717, 1.165) is 0 Å². The van der Waals surface area contributed by atoms with E-state index in [4.69, 9.17) is 4.42 Å². The summed E-state index contributed by atoms with van der Waals surface area (Å²) in [5, 5.41) is 3.31. The first-order valence-corrected chi connectivity index (χ1v) is 9.74. The quantitative estimate of drug-likeness (QED) is 0.731. The number of furan rings is 1. The molecule has 118 valence electrons. The van der Waals surface area contributed by atoms with E-state index in [1.54, 1.807) is 6.07 Å². The van der Waals surface area contributed by atoms with Crippen molar-refractivity contribution in [2.24, 2.45) is 11.8 Å². The fraction of sp³-hybridized carbons (Fsp3) is 0.714. The van der Waals surface area contributed by atoms with Gasteiger partial charge < -0.3 is 9.73 Å². The van der Waals surface area contributed by atoms with E-state index >= 15 is 0 Å². The zero-order chi connectivity index (χ0) is 15.0. The summed E-state index contributed by atoms with van der Waals surface area (Å²) in [7, 11) is -3.51. The highest BCUT2D eigenvalue weighted by Gasteiger charge is 2.30. The van der Waals surface area contributed by atoms with Crippen molar-refractivity contribution in [3.05, 3.63) is 16.5 Å². The molecule has 1 aromatic heterocycles. The van der Waals surface area contributed by atoms with Gasteiger partial charge >= 0.3 is 0 Å². The topological polar surface area (TPSA) is 71.3 Å². The smallest absolute Gasteiger partial charge is 0.244 e. The highest BCUT2D eigenvalue weighted by Crippen LogP contribution is 2.36. The molecule has 0 amide bonds. The molecule has 1 atom stereocenters. The maximum Gasteiger partial charge on any atom is 0.244 e. The zero-order valence-electron chi connectivity index (χ0n) is 12.1. The van der Waals surface area contributed by atoms with Crippen LogP contribution in [0.15, 0.2) is 20.0 Å². The van der Waals surface area contributed by atoms with Crippen LogP contribution in [-0.4, -0.2) is 21.0 Å². The van der Waals surface area contributed by atoms with E-state index in [1.165, 1.54) is 25.7 Å². The third kappa shape index (κ3) is 4.09. The van der Waals surface area contributed by atoms with Crippen LogP contribution in [0.25, 0.3) is 0 Å². The Morgan fingerprint density at radius 3 is 2.71 bits per heavy atom. The molecule has 5 nitrogen and oxygen atoms in total. The Labute approximate surface area is 134 Å². The molecular weight excluding hydrogens is 356 g/mol. The lowest BCUT2D eigenvalue weighted by molar-refractivity contribution is 0.459. The number of nitrogens with one attached hydrogen (secondary N) is 2. The Morgan fingerprint density at radius 1 is 1.38 bits per heavy atom. The summed E-state index contributed by atoms with van der Waals surface area (Å²) in [6.45, 7) is 3.15. The molecule has 0 saturated heterocycles. The van der Waals surface area contributed by atoms with Gasteiger partial charge in [-0.25, -0.2) is 13.1 Å². The maximum absolute atomic E-state index is 12.3. The Morgan fingerprint density at radius 2 is 2.10 bits per heavy atom. The van der Waals surface area contributed by atoms with Crippen LogP contribution in [0.3, 0.4) is 0 Å². The van der Waals surface area contributed by atoms with Gasteiger partial charge in [0.15, 0.2) is 4.67 Å². The van der Waals surface area contributed by atoms with Gasteiger partial charge in [-0.05, 0) is 53.4 Å². The largest absolute Gasteiger partial charge is 0.452 e. The Balaban J connectivity index is 1.62. The molecule has 0 aromatic carbocycles. The number of rotatable bonds is 8. The summed E-state index contributed by atoms with van der Waals surface area (Å²) in [4.78, 5) is 0.193. The number of sulfonamides is 1. The summed E-state index contributed by atoms with van der Waals surface area (Å²) in [6, 6.07) is 2.16. The number of halogens is 1. The van der Waals surface area contributed by atoms with Crippen LogP contribution in [-0.2, 0) is 16.6 Å². The van der Waals surface area contributed by atoms with Gasteiger partial charge in [0.05, 0.1) is 6.54 Å². The first kappa shape index (κ1) is 15.5. The average molecular weight is 377 g/mol. The fourth-order valence-corrected chi connectivity index (χ4v) is 4.49. The van der Waals surface area contributed by atoms with E-state index < -0.39 is 10.0 Å². The summed E-state index contributed by atoms with van der Waals surface area (Å²) in [6.07, 6.45) is 4.81. The van der Waals surface area contributed by atoms with Gasteiger partial charge in [0.2, 0.25) is 10.0 Å². The van der Waals surface area contributed by atoms with Crippen LogP contribution < -0.4 is 10.0 Å². The molecule has 2 aliphatic rings. The van der Waals surface area contributed by atoms with Crippen molar-refractivity contribution >= 4 is 26.0 Å². The van der Waals surface area contributed by atoms with Crippen LogP contribution in [0.1, 0.15) is 38.4 Å². The Bertz CT molecular complexity index is 606. The van der Waals surface area contributed by atoms with Crippen molar-refractivity contribution in [2.45, 2.75) is 50.1 Å². The molecule has 2 saturated carbocycles. The molecule has 21 heavy (non-hydrogen) atoms. The molecule has 7 heteroatoms. The van der Waals surface area contributed by atoms with Gasteiger partial charge in [-0.3, -0.25) is 0 Å². The van der Waals surface area contributed by atoms with Gasteiger partial charge in [0, 0.05) is 18.7 Å². The standard InChI is InChI=1S/C14H21BrN2O3S/c1-9(10-2-3-10)7-17-21(18,19)13-6-12(20-14(13)15)8-16-11-4-5-11/h6,9-11,16-17H,2-5,7-8H2,1H3. The van der Waals surface area contributed by atoms with Gasteiger partial charge in [0.1, 0.15) is 10.7 Å². The van der Waals surface area contributed by atoms with E-state index in [2.05, 4.69) is 32.9 Å². The third-order valence-corrected chi connectivity index (χ3v) is 6.44. The summed E-state index contributed by atoms with van der Waals surface area (Å²) in [5.74, 6) is 1.71. The van der Waals surface area contributed by atoms with Crippen LogP contribution in [0, 0.1) is 11.8 Å². The SMILES string of the molecule is CC(CNS(=O)(=O)c1cc(CNC2CC2)oc1Br)C1CC1. The lowest BCUT2D eigenvalue weighted by Gasteiger charge is -2.11. The molecule has 2 aliphatic carbocycles. The first-order chi connectivity index (χ1) is 9.95. The molecule has 0 aliphatic heterocycles. The van der Waals surface area contributed by atoms with Crippen molar-refractivity contribution in [1.29, 1.82) is 0 Å². The highest BCUT2D eigenvalue weighted by molar-refractivity contribution is 9.10. The normalized spacial score (nSPS) is 20.7. The molecular formula is C14H21BrN2O3S. The predicted molar refractivity (Wildman–Crippen MR) is 83.3 cm³/mol. The lowest BCUT2D eigenvalue weighted by atomic mass is 10.1. The molecule has 0 spiro atoms. The van der Waals surface area contributed by atoms with E-state index in [-0.39, 0.29) is 9.56 Å². The summed E-state index contributed by atoms with van der Waals surface area (Å²) < 4.78 is 33.1. The van der Waals surface area contributed by atoms with E-state index in [1.807, 2.05) is 0 Å². The third-order valence-electron chi connectivity index (χ3n) is 4.16. The minimum absolute atomic E-state index is 0.193. The summed E-state index contributed by atoms with van der Waals surface area (Å²) in [5.41, 5.74) is 0. The molecule has 3 rings (SSSR count). The van der Waals surface area contributed by atoms with Gasteiger partial charge in [-0.15, -0.1) is 0 Å². The van der Waals surface area contributed by atoms with Crippen molar-refractivity contribution in [3.63, 3.8) is 0 Å². The van der Waals surface area contributed by atoms with Gasteiger partial charge in [0.25, 0.3) is 0 Å². The first-order valence-electron chi connectivity index (χ1n) is 7.47. The monoisotopic (exact) mass is 376 g/mol. The van der Waals surface area contributed by atoms with Crippen molar-refractivity contribution in [3.8, 4) is 0 Å². The van der Waals surface area contributed by atoms with Gasteiger partial charge in [-0.2, -0.15) is 0 Å². The highest BCUT2D eigenvalue weighted by atomic mass is 79.9.